The Hall–Kier alpha value is -1.44. The van der Waals surface area contributed by atoms with Gasteiger partial charge in [0.25, 0.3) is 0 Å². The van der Waals surface area contributed by atoms with Crippen LogP contribution < -0.4 is 5.32 Å². The number of hydrogen-bond acceptors (Lipinski definition) is 2. The number of para-hydroxylation sites is 1. The Morgan fingerprint density at radius 3 is 3.00 bits per heavy atom. The van der Waals surface area contributed by atoms with Gasteiger partial charge in [-0.1, -0.05) is 18.2 Å². The van der Waals surface area contributed by atoms with Crippen LogP contribution in [0.1, 0.15) is 5.56 Å². The van der Waals surface area contributed by atoms with E-state index in [0.29, 0.717) is 12.3 Å². The number of aliphatic hydroxyl groups is 1. The van der Waals surface area contributed by atoms with Gasteiger partial charge in [-0.3, -0.25) is 0 Å². The van der Waals surface area contributed by atoms with E-state index < -0.39 is 0 Å². The van der Waals surface area contributed by atoms with Crippen molar-refractivity contribution < 1.29 is 5.11 Å². The van der Waals surface area contributed by atoms with Crippen LogP contribution in [0.15, 0.2) is 30.0 Å². The fraction of sp³-hybridized carbons (Fsp3) is 0.111. The first-order chi connectivity index (χ1) is 5.36. The quantitative estimate of drug-likeness (QED) is 0.588. The van der Waals surface area contributed by atoms with Gasteiger partial charge in [-0.05, 0) is 12.1 Å². The minimum atomic E-state index is 0.392. The van der Waals surface area contributed by atoms with E-state index in [4.69, 9.17) is 5.11 Å². The van der Waals surface area contributed by atoms with Gasteiger partial charge in [0.1, 0.15) is 5.76 Å². The summed E-state index contributed by atoms with van der Waals surface area (Å²) in [5.41, 5.74) is 2.14. The van der Waals surface area contributed by atoms with Crippen LogP contribution in [0, 0.1) is 0 Å². The molecule has 0 fully saturated rings. The van der Waals surface area contributed by atoms with Crippen LogP contribution in [-0.4, -0.2) is 11.7 Å². The fourth-order valence-corrected chi connectivity index (χ4v) is 1.20. The average molecular weight is 147 g/mol. The van der Waals surface area contributed by atoms with E-state index in [0.717, 1.165) is 11.3 Å². The smallest absolute Gasteiger partial charge is 0.112 e. The summed E-state index contributed by atoms with van der Waals surface area (Å²) in [7, 11) is 0. The van der Waals surface area contributed by atoms with Crippen LogP contribution in [-0.2, 0) is 0 Å². The van der Waals surface area contributed by atoms with Crippen LogP contribution in [0.25, 0.3) is 6.08 Å². The Bertz CT molecular complexity index is 304. The molecular formula is C9H9NO. The van der Waals surface area contributed by atoms with Crippen molar-refractivity contribution in [3.8, 4) is 0 Å². The highest BCUT2D eigenvalue weighted by Crippen LogP contribution is 2.21. The largest absolute Gasteiger partial charge is 0.510 e. The van der Waals surface area contributed by atoms with Crippen molar-refractivity contribution in [1.29, 1.82) is 0 Å². The molecule has 0 radical (unpaired) electrons. The fourth-order valence-electron chi connectivity index (χ4n) is 1.20. The van der Waals surface area contributed by atoms with Gasteiger partial charge in [0.05, 0.1) is 6.54 Å². The molecule has 1 heterocycles. The van der Waals surface area contributed by atoms with E-state index in [9.17, 15) is 0 Å². The van der Waals surface area contributed by atoms with Crippen molar-refractivity contribution in [2.75, 3.05) is 11.9 Å². The topological polar surface area (TPSA) is 32.3 Å². The molecule has 0 saturated carbocycles. The van der Waals surface area contributed by atoms with E-state index in [1.54, 1.807) is 6.08 Å². The normalized spacial score (nSPS) is 14.7. The van der Waals surface area contributed by atoms with E-state index in [2.05, 4.69) is 5.32 Å². The van der Waals surface area contributed by atoms with E-state index in [1.165, 1.54) is 0 Å². The number of rotatable bonds is 0. The third kappa shape index (κ3) is 1.07. The second kappa shape index (κ2) is 2.31. The predicted octanol–water partition coefficient (Wildman–Crippen LogP) is 2.01. The maximum atomic E-state index is 9.15. The molecule has 0 atom stereocenters. The molecule has 0 spiro atoms. The zero-order valence-electron chi connectivity index (χ0n) is 6.04. The molecule has 2 N–H and O–H groups in total. The van der Waals surface area contributed by atoms with Crippen molar-refractivity contribution in [2.24, 2.45) is 0 Å². The monoisotopic (exact) mass is 147 g/mol. The Morgan fingerprint density at radius 1 is 1.27 bits per heavy atom. The van der Waals surface area contributed by atoms with Crippen molar-refractivity contribution >= 4 is 11.8 Å². The maximum Gasteiger partial charge on any atom is 0.112 e. The molecule has 11 heavy (non-hydrogen) atoms. The Balaban J connectivity index is 2.51. The Kier molecular flexibility index (Phi) is 1.32. The summed E-state index contributed by atoms with van der Waals surface area (Å²) in [5, 5.41) is 12.2. The molecule has 1 aliphatic rings. The van der Waals surface area contributed by atoms with Gasteiger partial charge in [0, 0.05) is 11.3 Å². The molecule has 0 unspecified atom stereocenters. The highest BCUT2D eigenvalue weighted by atomic mass is 16.3. The van der Waals surface area contributed by atoms with Crippen LogP contribution in [0.4, 0.5) is 5.69 Å². The molecule has 1 aromatic carbocycles. The number of nitrogens with one attached hydrogen (secondary N) is 1. The average Bonchev–Trinajstić information content (AvgIpc) is 2.04. The molecule has 2 nitrogen and oxygen atoms in total. The van der Waals surface area contributed by atoms with Crippen LogP contribution in [0.3, 0.4) is 0 Å². The molecule has 0 amide bonds. The van der Waals surface area contributed by atoms with Crippen LogP contribution in [0.5, 0.6) is 0 Å². The second-order valence-corrected chi connectivity index (χ2v) is 2.58. The summed E-state index contributed by atoms with van der Waals surface area (Å²) in [5.74, 6) is 0.392. The highest BCUT2D eigenvalue weighted by molar-refractivity contribution is 5.70. The predicted molar refractivity (Wildman–Crippen MR) is 45.5 cm³/mol. The SMILES string of the molecule is OC1=Cc2ccccc2NC1. The second-order valence-electron chi connectivity index (χ2n) is 2.58. The first kappa shape index (κ1) is 6.28. The van der Waals surface area contributed by atoms with Gasteiger partial charge < -0.3 is 10.4 Å². The highest BCUT2D eigenvalue weighted by Gasteiger charge is 2.05. The van der Waals surface area contributed by atoms with Crippen LogP contribution in [0.2, 0.25) is 0 Å². The van der Waals surface area contributed by atoms with Crippen LogP contribution >= 0.6 is 0 Å². The molecule has 0 aliphatic carbocycles. The number of aliphatic hydroxyl groups excluding tert-OH is 1. The molecule has 0 saturated heterocycles. The first-order valence-electron chi connectivity index (χ1n) is 3.59. The van der Waals surface area contributed by atoms with E-state index in [-0.39, 0.29) is 0 Å². The standard InChI is InChI=1S/C9H9NO/c11-8-5-7-3-1-2-4-9(7)10-6-8/h1-5,10-11H,6H2. The summed E-state index contributed by atoms with van der Waals surface area (Å²) in [6.45, 7) is 0.539. The number of anilines is 1. The summed E-state index contributed by atoms with van der Waals surface area (Å²) >= 11 is 0. The Labute approximate surface area is 65.2 Å². The summed E-state index contributed by atoms with van der Waals surface area (Å²) < 4.78 is 0. The Morgan fingerprint density at radius 2 is 2.09 bits per heavy atom. The van der Waals surface area contributed by atoms with Gasteiger partial charge in [-0.25, -0.2) is 0 Å². The molecule has 1 aliphatic heterocycles. The number of benzene rings is 1. The van der Waals surface area contributed by atoms with Gasteiger partial charge >= 0.3 is 0 Å². The molecule has 0 aromatic heterocycles. The lowest BCUT2D eigenvalue weighted by molar-refractivity contribution is 0.412. The summed E-state index contributed by atoms with van der Waals surface area (Å²) in [4.78, 5) is 0. The molecule has 56 valence electrons. The maximum absolute atomic E-state index is 9.15. The van der Waals surface area contributed by atoms with Gasteiger partial charge in [-0.15, -0.1) is 0 Å². The summed E-state index contributed by atoms with van der Waals surface area (Å²) in [6, 6.07) is 7.90. The molecule has 2 rings (SSSR count). The lowest BCUT2D eigenvalue weighted by Gasteiger charge is -2.14. The van der Waals surface area contributed by atoms with Gasteiger partial charge in [-0.2, -0.15) is 0 Å². The summed E-state index contributed by atoms with van der Waals surface area (Å²) in [6.07, 6.45) is 1.78. The molecule has 1 aromatic rings. The van der Waals surface area contributed by atoms with Gasteiger partial charge in [0.2, 0.25) is 0 Å². The van der Waals surface area contributed by atoms with Gasteiger partial charge in [0.15, 0.2) is 0 Å². The third-order valence-corrected chi connectivity index (χ3v) is 1.74. The van der Waals surface area contributed by atoms with Crippen molar-refractivity contribution in [3.05, 3.63) is 35.6 Å². The minimum absolute atomic E-state index is 0.392. The minimum Gasteiger partial charge on any atom is -0.510 e. The van der Waals surface area contributed by atoms with Crippen molar-refractivity contribution in [1.82, 2.24) is 0 Å². The molecule has 0 bridgehead atoms. The molecule has 2 heteroatoms. The van der Waals surface area contributed by atoms with Crippen molar-refractivity contribution in [3.63, 3.8) is 0 Å². The lowest BCUT2D eigenvalue weighted by atomic mass is 10.1. The third-order valence-electron chi connectivity index (χ3n) is 1.74. The van der Waals surface area contributed by atoms with E-state index in [1.807, 2.05) is 24.3 Å². The van der Waals surface area contributed by atoms with Crippen molar-refractivity contribution in [2.45, 2.75) is 0 Å². The number of hydrogen-bond donors (Lipinski definition) is 2. The zero-order chi connectivity index (χ0) is 7.68. The lowest BCUT2D eigenvalue weighted by Crippen LogP contribution is -2.09. The van der Waals surface area contributed by atoms with E-state index >= 15 is 0 Å². The molecular weight excluding hydrogens is 138 g/mol. The zero-order valence-corrected chi connectivity index (χ0v) is 6.04. The first-order valence-corrected chi connectivity index (χ1v) is 3.59. The number of fused-ring (bicyclic) bond motifs is 1.